The number of alkyl carbamates (subject to hydrolysis) is 1. The summed E-state index contributed by atoms with van der Waals surface area (Å²) >= 11 is 0. The van der Waals surface area contributed by atoms with Crippen molar-refractivity contribution >= 4 is 12.1 Å². The van der Waals surface area contributed by atoms with Crippen LogP contribution in [0.2, 0.25) is 0 Å². The predicted molar refractivity (Wildman–Crippen MR) is 112 cm³/mol. The Bertz CT molecular complexity index is 866. The molecule has 1 amide bonds. The average Bonchev–Trinajstić information content (AvgIpc) is 2.99. The maximum atomic E-state index is 12.6. The van der Waals surface area contributed by atoms with Crippen molar-refractivity contribution in [3.8, 4) is 11.1 Å². The van der Waals surface area contributed by atoms with Crippen LogP contribution in [0.1, 0.15) is 44.2 Å². The molecule has 0 spiro atoms. The van der Waals surface area contributed by atoms with Gasteiger partial charge in [-0.05, 0) is 35.1 Å². The smallest absolute Gasteiger partial charge is 0.407 e. The largest absolute Gasteiger partial charge is 0.481 e. The Labute approximate surface area is 171 Å². The van der Waals surface area contributed by atoms with Gasteiger partial charge in [0.2, 0.25) is 0 Å². The first-order valence-corrected chi connectivity index (χ1v) is 9.83. The highest BCUT2D eigenvalue weighted by Gasteiger charge is 2.38. The van der Waals surface area contributed by atoms with Crippen LogP contribution in [0.15, 0.2) is 48.5 Å². The van der Waals surface area contributed by atoms with E-state index in [0.717, 1.165) is 22.3 Å². The van der Waals surface area contributed by atoms with Crippen LogP contribution in [0.25, 0.3) is 11.1 Å². The van der Waals surface area contributed by atoms with Crippen molar-refractivity contribution < 1.29 is 19.4 Å². The van der Waals surface area contributed by atoms with Gasteiger partial charge in [-0.3, -0.25) is 4.79 Å². The number of carbonyl (C=O) groups is 2. The highest BCUT2D eigenvalue weighted by atomic mass is 16.5. The van der Waals surface area contributed by atoms with Crippen LogP contribution in [0, 0.1) is 5.92 Å². The van der Waals surface area contributed by atoms with Gasteiger partial charge in [-0.2, -0.15) is 0 Å². The number of nitrogens with two attached hydrogens (primary N) is 1. The van der Waals surface area contributed by atoms with Crippen molar-refractivity contribution in [3.05, 3.63) is 59.7 Å². The van der Waals surface area contributed by atoms with E-state index < -0.39 is 23.6 Å². The van der Waals surface area contributed by atoms with E-state index >= 15 is 0 Å². The van der Waals surface area contributed by atoms with Gasteiger partial charge in [0.05, 0.1) is 12.0 Å². The number of benzene rings is 2. The fraction of sp³-hybridized carbons (Fsp3) is 0.391. The minimum Gasteiger partial charge on any atom is -0.481 e. The molecule has 0 saturated carbocycles. The van der Waals surface area contributed by atoms with Gasteiger partial charge < -0.3 is 20.9 Å². The Morgan fingerprint density at radius 2 is 1.62 bits per heavy atom. The maximum Gasteiger partial charge on any atom is 0.407 e. The molecule has 1 aliphatic carbocycles. The van der Waals surface area contributed by atoms with E-state index in [2.05, 4.69) is 17.4 Å². The molecule has 2 aromatic rings. The van der Waals surface area contributed by atoms with E-state index in [0.29, 0.717) is 0 Å². The second-order valence-electron chi connectivity index (χ2n) is 8.21. The van der Waals surface area contributed by atoms with Gasteiger partial charge in [0.15, 0.2) is 0 Å². The SMILES string of the molecule is CC(C)C(N)C(C)(CC(=O)O)NC(=O)OCC1c2ccccc2-c2ccccc21. The quantitative estimate of drug-likeness (QED) is 0.662. The highest BCUT2D eigenvalue weighted by Crippen LogP contribution is 2.44. The van der Waals surface area contributed by atoms with Crippen molar-refractivity contribution in [2.24, 2.45) is 11.7 Å². The van der Waals surface area contributed by atoms with Crippen molar-refractivity contribution in [1.29, 1.82) is 0 Å². The lowest BCUT2D eigenvalue weighted by Gasteiger charge is -2.37. The third-order valence-electron chi connectivity index (χ3n) is 5.70. The minimum absolute atomic E-state index is 0.00626. The molecule has 29 heavy (non-hydrogen) atoms. The summed E-state index contributed by atoms with van der Waals surface area (Å²) in [5, 5.41) is 12.0. The van der Waals surface area contributed by atoms with Gasteiger partial charge in [-0.1, -0.05) is 62.4 Å². The summed E-state index contributed by atoms with van der Waals surface area (Å²) < 4.78 is 5.55. The van der Waals surface area contributed by atoms with Crippen molar-refractivity contribution in [2.75, 3.05) is 6.61 Å². The standard InChI is InChI=1S/C23H28N2O4/c1-14(2)21(24)23(3,12-20(26)27)25-22(28)29-13-19-17-10-6-4-8-15(17)16-9-5-7-11-18(16)19/h4-11,14,19,21H,12-13,24H2,1-3H3,(H,25,28)(H,26,27). The van der Waals surface area contributed by atoms with Crippen LogP contribution in [-0.2, 0) is 9.53 Å². The summed E-state index contributed by atoms with van der Waals surface area (Å²) in [6.07, 6.45) is -0.942. The number of hydrogen-bond donors (Lipinski definition) is 3. The Balaban J connectivity index is 1.74. The first kappa shape index (κ1) is 20.9. The molecule has 2 atom stereocenters. The molecular weight excluding hydrogens is 368 g/mol. The van der Waals surface area contributed by atoms with Crippen LogP contribution >= 0.6 is 0 Å². The normalized spacial score (nSPS) is 15.9. The van der Waals surface area contributed by atoms with Crippen LogP contribution in [0.3, 0.4) is 0 Å². The molecule has 0 bridgehead atoms. The number of carbonyl (C=O) groups excluding carboxylic acids is 1. The van der Waals surface area contributed by atoms with Crippen LogP contribution in [-0.4, -0.2) is 35.4 Å². The van der Waals surface area contributed by atoms with Gasteiger partial charge in [0, 0.05) is 12.0 Å². The highest BCUT2D eigenvalue weighted by molar-refractivity contribution is 5.79. The molecular formula is C23H28N2O4. The number of carboxylic acids is 1. The molecule has 4 N–H and O–H groups in total. The third-order valence-corrected chi connectivity index (χ3v) is 5.70. The summed E-state index contributed by atoms with van der Waals surface area (Å²) in [4.78, 5) is 23.9. The molecule has 0 aliphatic heterocycles. The fourth-order valence-electron chi connectivity index (χ4n) is 4.16. The summed E-state index contributed by atoms with van der Waals surface area (Å²) in [5.74, 6) is -1.09. The van der Waals surface area contributed by atoms with Crippen molar-refractivity contribution in [1.82, 2.24) is 5.32 Å². The molecule has 0 saturated heterocycles. The number of ether oxygens (including phenoxy) is 1. The molecule has 0 radical (unpaired) electrons. The zero-order valence-electron chi connectivity index (χ0n) is 17.0. The number of hydrogen-bond acceptors (Lipinski definition) is 4. The van der Waals surface area contributed by atoms with E-state index in [1.54, 1.807) is 6.92 Å². The lowest BCUT2D eigenvalue weighted by Crippen LogP contribution is -2.61. The molecule has 2 unspecified atom stereocenters. The topological polar surface area (TPSA) is 102 Å². The fourth-order valence-corrected chi connectivity index (χ4v) is 4.16. The summed E-state index contributed by atoms with van der Waals surface area (Å²) in [7, 11) is 0. The maximum absolute atomic E-state index is 12.6. The first-order chi connectivity index (χ1) is 13.7. The zero-order chi connectivity index (χ0) is 21.2. The Hall–Kier alpha value is -2.86. The average molecular weight is 396 g/mol. The van der Waals surface area contributed by atoms with Gasteiger partial charge in [0.1, 0.15) is 6.61 Å². The second kappa shape index (κ2) is 8.25. The van der Waals surface area contributed by atoms with Crippen molar-refractivity contribution in [2.45, 2.75) is 44.7 Å². The van der Waals surface area contributed by atoms with E-state index in [9.17, 15) is 14.7 Å². The Kier molecular flexibility index (Phi) is 5.94. The van der Waals surface area contributed by atoms with Crippen LogP contribution < -0.4 is 11.1 Å². The van der Waals surface area contributed by atoms with Gasteiger partial charge in [0.25, 0.3) is 0 Å². The summed E-state index contributed by atoms with van der Waals surface area (Å²) in [6.45, 7) is 5.60. The van der Waals surface area contributed by atoms with Crippen LogP contribution in [0.4, 0.5) is 4.79 Å². The monoisotopic (exact) mass is 396 g/mol. The Morgan fingerprint density at radius 3 is 2.10 bits per heavy atom. The molecule has 0 aromatic heterocycles. The molecule has 0 fully saturated rings. The number of aliphatic carboxylic acids is 1. The van der Waals surface area contributed by atoms with E-state index in [1.165, 1.54) is 0 Å². The minimum atomic E-state index is -1.11. The van der Waals surface area contributed by atoms with Gasteiger partial charge in [-0.15, -0.1) is 0 Å². The lowest BCUT2D eigenvalue weighted by atomic mass is 9.82. The predicted octanol–water partition coefficient (Wildman–Crippen LogP) is 3.74. The molecule has 154 valence electrons. The number of carboxylic acid groups (broad SMARTS) is 1. The summed E-state index contributed by atoms with van der Waals surface area (Å²) in [6, 6.07) is 15.6. The van der Waals surface area contributed by atoms with Crippen LogP contribution in [0.5, 0.6) is 0 Å². The molecule has 6 heteroatoms. The molecule has 3 rings (SSSR count). The van der Waals surface area contributed by atoms with E-state index in [1.807, 2.05) is 50.2 Å². The summed E-state index contributed by atoms with van der Waals surface area (Å²) in [5.41, 5.74) is 9.63. The number of nitrogens with one attached hydrogen (secondary N) is 1. The number of rotatable bonds is 7. The lowest BCUT2D eigenvalue weighted by molar-refractivity contribution is -0.138. The zero-order valence-corrected chi connectivity index (χ0v) is 17.0. The number of amides is 1. The molecule has 0 heterocycles. The third kappa shape index (κ3) is 4.27. The van der Waals surface area contributed by atoms with Crippen molar-refractivity contribution in [3.63, 3.8) is 0 Å². The molecule has 1 aliphatic rings. The molecule has 6 nitrogen and oxygen atoms in total. The first-order valence-electron chi connectivity index (χ1n) is 9.83. The van der Waals surface area contributed by atoms with E-state index in [-0.39, 0.29) is 24.9 Å². The van der Waals surface area contributed by atoms with Gasteiger partial charge in [-0.25, -0.2) is 4.79 Å². The second-order valence-corrected chi connectivity index (χ2v) is 8.21. The Morgan fingerprint density at radius 1 is 1.10 bits per heavy atom. The number of fused-ring (bicyclic) bond motifs is 3. The van der Waals surface area contributed by atoms with Gasteiger partial charge >= 0.3 is 12.1 Å². The molecule has 2 aromatic carbocycles. The van der Waals surface area contributed by atoms with E-state index in [4.69, 9.17) is 10.5 Å².